The fourth-order valence-corrected chi connectivity index (χ4v) is 3.28. The number of nitrogens with one attached hydrogen (secondary N) is 1. The van der Waals surface area contributed by atoms with Crippen LogP contribution in [-0.2, 0) is 4.74 Å². The van der Waals surface area contributed by atoms with Gasteiger partial charge in [0.15, 0.2) is 0 Å². The van der Waals surface area contributed by atoms with E-state index in [0.29, 0.717) is 18.5 Å². The summed E-state index contributed by atoms with van der Waals surface area (Å²) in [4.78, 5) is 14.0. The van der Waals surface area contributed by atoms with Gasteiger partial charge < -0.3 is 15.0 Å². The van der Waals surface area contributed by atoms with Gasteiger partial charge in [0.2, 0.25) is 0 Å². The molecule has 1 aromatic carbocycles. The second-order valence-corrected chi connectivity index (χ2v) is 7.24. The first kappa shape index (κ1) is 14.5. The van der Waals surface area contributed by atoms with Gasteiger partial charge in [0, 0.05) is 35.8 Å². The molecule has 21 heavy (non-hydrogen) atoms. The van der Waals surface area contributed by atoms with Crippen LogP contribution in [-0.4, -0.2) is 35.7 Å². The lowest BCUT2D eigenvalue weighted by atomic mass is 9.89. The van der Waals surface area contributed by atoms with Gasteiger partial charge in [0.25, 0.3) is 0 Å². The van der Waals surface area contributed by atoms with Crippen LogP contribution in [0.15, 0.2) is 18.2 Å². The third-order valence-corrected chi connectivity index (χ3v) is 4.25. The first-order chi connectivity index (χ1) is 9.83. The maximum absolute atomic E-state index is 12.2. The highest BCUT2D eigenvalue weighted by Crippen LogP contribution is 2.41. The lowest BCUT2D eigenvalue weighted by molar-refractivity contribution is 0.0195. The summed E-state index contributed by atoms with van der Waals surface area (Å²) in [5, 5.41) is 4.28. The number of amides is 1. The topological polar surface area (TPSA) is 41.6 Å². The van der Waals surface area contributed by atoms with Crippen molar-refractivity contribution in [3.8, 4) is 0 Å². The maximum Gasteiger partial charge on any atom is 0.410 e. The number of ether oxygens (including phenoxy) is 1. The molecule has 2 aliphatic heterocycles. The van der Waals surface area contributed by atoms with Crippen LogP contribution in [0.4, 0.5) is 10.5 Å². The zero-order chi connectivity index (χ0) is 15.2. The van der Waals surface area contributed by atoms with Gasteiger partial charge in [-0.1, -0.05) is 11.6 Å². The van der Waals surface area contributed by atoms with E-state index in [1.807, 2.05) is 43.9 Å². The third-order valence-electron chi connectivity index (χ3n) is 4.02. The van der Waals surface area contributed by atoms with Gasteiger partial charge in [-0.05, 0) is 51.0 Å². The summed E-state index contributed by atoms with van der Waals surface area (Å²) < 4.78 is 5.48. The Hall–Kier alpha value is -1.42. The molecule has 1 aromatic rings. The van der Waals surface area contributed by atoms with Crippen molar-refractivity contribution in [3.63, 3.8) is 0 Å². The highest BCUT2D eigenvalue weighted by Gasteiger charge is 2.39. The molecule has 2 heterocycles. The van der Waals surface area contributed by atoms with E-state index in [2.05, 4.69) is 5.32 Å². The van der Waals surface area contributed by atoms with Crippen molar-refractivity contribution in [2.45, 2.75) is 44.8 Å². The van der Waals surface area contributed by atoms with E-state index in [0.717, 1.165) is 23.7 Å². The van der Waals surface area contributed by atoms with Crippen LogP contribution in [0.25, 0.3) is 0 Å². The fraction of sp³-hybridized carbons (Fsp3) is 0.562. The summed E-state index contributed by atoms with van der Waals surface area (Å²) in [6, 6.07) is 6.31. The zero-order valence-electron chi connectivity index (χ0n) is 12.6. The number of piperidine rings is 1. The first-order valence-electron chi connectivity index (χ1n) is 7.37. The van der Waals surface area contributed by atoms with Crippen molar-refractivity contribution in [1.29, 1.82) is 0 Å². The van der Waals surface area contributed by atoms with Crippen LogP contribution in [0, 0.1) is 0 Å². The van der Waals surface area contributed by atoms with E-state index < -0.39 is 5.60 Å². The van der Waals surface area contributed by atoms with Crippen LogP contribution >= 0.6 is 11.6 Å². The zero-order valence-corrected chi connectivity index (χ0v) is 13.4. The predicted octanol–water partition coefficient (Wildman–Crippen LogP) is 3.86. The van der Waals surface area contributed by atoms with Gasteiger partial charge in [0.1, 0.15) is 5.60 Å². The Morgan fingerprint density at radius 1 is 1.43 bits per heavy atom. The van der Waals surface area contributed by atoms with Crippen molar-refractivity contribution in [1.82, 2.24) is 4.90 Å². The molecule has 0 radical (unpaired) electrons. The Morgan fingerprint density at radius 2 is 2.19 bits per heavy atom. The SMILES string of the molecule is CC(C)(C)OC(=O)N1CC[C@H]2Nc3ccc(Cl)cc3[C@H]2C1. The highest BCUT2D eigenvalue weighted by atomic mass is 35.5. The minimum absolute atomic E-state index is 0.226. The Kier molecular flexibility index (Phi) is 3.52. The minimum atomic E-state index is -0.455. The van der Waals surface area contributed by atoms with E-state index in [-0.39, 0.29) is 6.09 Å². The summed E-state index contributed by atoms with van der Waals surface area (Å²) in [6.45, 7) is 7.09. The van der Waals surface area contributed by atoms with Crippen molar-refractivity contribution in [2.75, 3.05) is 18.4 Å². The molecule has 0 bridgehead atoms. The summed E-state index contributed by atoms with van der Waals surface area (Å²) in [5.74, 6) is 0.292. The number of rotatable bonds is 0. The quantitative estimate of drug-likeness (QED) is 0.791. The number of carbonyl (C=O) groups is 1. The number of benzene rings is 1. The van der Waals surface area contributed by atoms with Crippen molar-refractivity contribution < 1.29 is 9.53 Å². The average molecular weight is 309 g/mol. The molecule has 1 amide bonds. The predicted molar refractivity (Wildman–Crippen MR) is 84.0 cm³/mol. The molecule has 1 saturated heterocycles. The molecule has 0 saturated carbocycles. The molecule has 114 valence electrons. The molecule has 2 aliphatic rings. The number of nitrogens with zero attached hydrogens (tertiary/aromatic N) is 1. The fourth-order valence-electron chi connectivity index (χ4n) is 3.10. The van der Waals surface area contributed by atoms with E-state index in [4.69, 9.17) is 16.3 Å². The highest BCUT2D eigenvalue weighted by molar-refractivity contribution is 6.30. The molecule has 5 heteroatoms. The van der Waals surface area contributed by atoms with Crippen LogP contribution in [0.2, 0.25) is 5.02 Å². The molecule has 4 nitrogen and oxygen atoms in total. The number of carbonyl (C=O) groups excluding carboxylic acids is 1. The van der Waals surface area contributed by atoms with Crippen LogP contribution in [0.1, 0.15) is 38.7 Å². The molecule has 2 atom stereocenters. The van der Waals surface area contributed by atoms with Gasteiger partial charge in [-0.15, -0.1) is 0 Å². The minimum Gasteiger partial charge on any atom is -0.444 e. The van der Waals surface area contributed by atoms with Crippen molar-refractivity contribution in [2.24, 2.45) is 0 Å². The molecule has 0 unspecified atom stereocenters. The van der Waals surface area contributed by atoms with E-state index in [1.165, 1.54) is 5.56 Å². The number of hydrogen-bond donors (Lipinski definition) is 1. The van der Waals surface area contributed by atoms with Crippen LogP contribution in [0.5, 0.6) is 0 Å². The molecular weight excluding hydrogens is 288 g/mol. The molecule has 1 fully saturated rings. The monoisotopic (exact) mass is 308 g/mol. The molecule has 1 N–H and O–H groups in total. The number of fused-ring (bicyclic) bond motifs is 3. The smallest absolute Gasteiger partial charge is 0.410 e. The Labute approximate surface area is 130 Å². The Morgan fingerprint density at radius 3 is 2.90 bits per heavy atom. The van der Waals surface area contributed by atoms with Gasteiger partial charge in [0.05, 0.1) is 0 Å². The van der Waals surface area contributed by atoms with E-state index in [1.54, 1.807) is 0 Å². The summed E-state index contributed by atoms with van der Waals surface area (Å²) in [7, 11) is 0. The second-order valence-electron chi connectivity index (χ2n) is 6.80. The lowest BCUT2D eigenvalue weighted by Gasteiger charge is -2.36. The largest absolute Gasteiger partial charge is 0.444 e. The molecule has 0 aliphatic carbocycles. The van der Waals surface area contributed by atoms with Gasteiger partial charge in [-0.2, -0.15) is 0 Å². The summed E-state index contributed by atoms with van der Waals surface area (Å²) >= 11 is 6.11. The Bertz CT molecular complexity index is 568. The number of halogens is 1. The van der Waals surface area contributed by atoms with Gasteiger partial charge >= 0.3 is 6.09 Å². The maximum atomic E-state index is 12.2. The summed E-state index contributed by atoms with van der Waals surface area (Å²) in [6.07, 6.45) is 0.701. The second kappa shape index (κ2) is 5.09. The van der Waals surface area contributed by atoms with Crippen LogP contribution < -0.4 is 5.32 Å². The number of hydrogen-bond acceptors (Lipinski definition) is 3. The van der Waals surface area contributed by atoms with Gasteiger partial charge in [-0.3, -0.25) is 0 Å². The molecule has 0 aromatic heterocycles. The molecule has 3 rings (SSSR count). The lowest BCUT2D eigenvalue weighted by Crippen LogP contribution is -2.46. The van der Waals surface area contributed by atoms with Crippen molar-refractivity contribution >= 4 is 23.4 Å². The van der Waals surface area contributed by atoms with Gasteiger partial charge in [-0.25, -0.2) is 4.79 Å². The van der Waals surface area contributed by atoms with Crippen LogP contribution in [0.3, 0.4) is 0 Å². The van der Waals surface area contributed by atoms with E-state index in [9.17, 15) is 4.79 Å². The number of likely N-dealkylation sites (tertiary alicyclic amines) is 1. The van der Waals surface area contributed by atoms with E-state index >= 15 is 0 Å². The summed E-state index contributed by atoms with van der Waals surface area (Å²) in [5.41, 5.74) is 1.89. The van der Waals surface area contributed by atoms with Crippen molar-refractivity contribution in [3.05, 3.63) is 28.8 Å². The third kappa shape index (κ3) is 2.95. The average Bonchev–Trinajstić information content (AvgIpc) is 2.74. The molecule has 0 spiro atoms. The normalized spacial score (nSPS) is 24.1. The number of anilines is 1. The standard InChI is InChI=1S/C16H21ClN2O2/c1-16(2,3)21-15(20)19-7-6-14-12(9-19)11-8-10(17)4-5-13(11)18-14/h4-5,8,12,14,18H,6-7,9H2,1-3H3/t12-,14-/m1/s1. The first-order valence-corrected chi connectivity index (χ1v) is 7.75. The Balaban J connectivity index is 1.76. The molecular formula is C16H21ClN2O2.